The van der Waals surface area contributed by atoms with E-state index in [2.05, 4.69) is 10.3 Å². The Morgan fingerprint density at radius 1 is 1.35 bits per heavy atom. The lowest BCUT2D eigenvalue weighted by Gasteiger charge is -2.18. The minimum atomic E-state index is -0.978. The number of carbonyl (C=O) groups excluding carboxylic acids is 1. The molecule has 0 fully saturated rings. The maximum Gasteiger partial charge on any atom is 0.216 e. The highest BCUT2D eigenvalue weighted by molar-refractivity contribution is 5.79. The lowest BCUT2D eigenvalue weighted by Crippen LogP contribution is -2.27. The zero-order valence-corrected chi connectivity index (χ0v) is 11.3. The van der Waals surface area contributed by atoms with Crippen molar-refractivity contribution in [1.29, 1.82) is 0 Å². The fourth-order valence-corrected chi connectivity index (χ4v) is 2.05. The second kappa shape index (κ2) is 6.45. The summed E-state index contributed by atoms with van der Waals surface area (Å²) in [7, 11) is 0. The molecule has 2 aromatic rings. The number of aliphatic hydroxyl groups is 2. The maximum atomic E-state index is 10.7. The van der Waals surface area contributed by atoms with Crippen LogP contribution in [-0.2, 0) is 4.79 Å². The molecule has 1 aromatic heterocycles. The second-order valence-corrected chi connectivity index (χ2v) is 4.74. The Bertz CT molecular complexity index is 600. The molecule has 1 heterocycles. The summed E-state index contributed by atoms with van der Waals surface area (Å²) in [6, 6.07) is 9.11. The Morgan fingerprint density at radius 3 is 2.90 bits per heavy atom. The van der Waals surface area contributed by atoms with E-state index in [0.29, 0.717) is 18.5 Å². The molecule has 0 radical (unpaired) electrons. The van der Waals surface area contributed by atoms with Crippen molar-refractivity contribution in [3.05, 3.63) is 42.1 Å². The third kappa shape index (κ3) is 3.53. The van der Waals surface area contributed by atoms with Crippen molar-refractivity contribution in [2.45, 2.75) is 25.6 Å². The summed E-state index contributed by atoms with van der Waals surface area (Å²) in [5.74, 6) is -0.150. The summed E-state index contributed by atoms with van der Waals surface area (Å²) in [5.41, 5.74) is 1.48. The van der Waals surface area contributed by atoms with Crippen LogP contribution < -0.4 is 5.32 Å². The highest BCUT2D eigenvalue weighted by atomic mass is 16.3. The van der Waals surface area contributed by atoms with Crippen molar-refractivity contribution < 1.29 is 15.0 Å². The van der Waals surface area contributed by atoms with Gasteiger partial charge in [0.1, 0.15) is 6.10 Å². The molecule has 0 aliphatic heterocycles. The van der Waals surface area contributed by atoms with Crippen LogP contribution in [0.3, 0.4) is 0 Å². The maximum absolute atomic E-state index is 10.7. The number of amides is 1. The Morgan fingerprint density at radius 2 is 2.15 bits per heavy atom. The molecule has 5 nitrogen and oxygen atoms in total. The number of hydrogen-bond donors (Lipinski definition) is 3. The first kappa shape index (κ1) is 14.4. The van der Waals surface area contributed by atoms with Gasteiger partial charge in [-0.05, 0) is 30.2 Å². The van der Waals surface area contributed by atoms with E-state index in [4.69, 9.17) is 0 Å². The van der Waals surface area contributed by atoms with Crippen LogP contribution in [0.2, 0.25) is 0 Å². The van der Waals surface area contributed by atoms with Crippen LogP contribution in [0.1, 0.15) is 25.0 Å². The number of benzene rings is 1. The van der Waals surface area contributed by atoms with Crippen LogP contribution in [-0.4, -0.2) is 33.8 Å². The van der Waals surface area contributed by atoms with Crippen molar-refractivity contribution in [3.8, 4) is 0 Å². The molecule has 1 amide bonds. The van der Waals surface area contributed by atoms with E-state index in [1.807, 2.05) is 24.3 Å². The summed E-state index contributed by atoms with van der Waals surface area (Å²) in [6.45, 7) is 1.75. The predicted molar refractivity (Wildman–Crippen MR) is 76.0 cm³/mol. The lowest BCUT2D eigenvalue weighted by molar-refractivity contribution is -0.119. The third-order valence-electron chi connectivity index (χ3n) is 3.15. The van der Waals surface area contributed by atoms with Crippen molar-refractivity contribution in [2.75, 3.05) is 6.54 Å². The molecule has 0 saturated carbocycles. The first-order valence-corrected chi connectivity index (χ1v) is 6.53. The average Bonchev–Trinajstić information content (AvgIpc) is 2.45. The minimum absolute atomic E-state index is 0.150. The molecule has 2 unspecified atom stereocenters. The van der Waals surface area contributed by atoms with E-state index >= 15 is 0 Å². The molecule has 1 aromatic carbocycles. The molecule has 20 heavy (non-hydrogen) atoms. The van der Waals surface area contributed by atoms with Crippen LogP contribution >= 0.6 is 0 Å². The molecule has 0 spiro atoms. The average molecular weight is 274 g/mol. The topological polar surface area (TPSA) is 82.5 Å². The molecule has 0 saturated heterocycles. The number of carbonyl (C=O) groups is 1. The van der Waals surface area contributed by atoms with Crippen LogP contribution in [0.25, 0.3) is 10.9 Å². The van der Waals surface area contributed by atoms with E-state index in [9.17, 15) is 15.0 Å². The highest BCUT2D eigenvalue weighted by Gasteiger charge is 2.18. The van der Waals surface area contributed by atoms with E-state index in [0.717, 1.165) is 10.9 Å². The van der Waals surface area contributed by atoms with Gasteiger partial charge in [-0.3, -0.25) is 9.78 Å². The zero-order valence-electron chi connectivity index (χ0n) is 11.3. The summed E-state index contributed by atoms with van der Waals surface area (Å²) in [4.78, 5) is 15.0. The first-order chi connectivity index (χ1) is 9.58. The van der Waals surface area contributed by atoms with Crippen molar-refractivity contribution in [1.82, 2.24) is 10.3 Å². The van der Waals surface area contributed by atoms with Gasteiger partial charge in [0.05, 0.1) is 11.6 Å². The SMILES string of the molecule is CC(=O)NCCC(O)C(O)c1ccc2ncccc2c1. The van der Waals surface area contributed by atoms with Gasteiger partial charge in [-0.25, -0.2) is 0 Å². The van der Waals surface area contributed by atoms with Crippen molar-refractivity contribution >= 4 is 16.8 Å². The van der Waals surface area contributed by atoms with Crippen molar-refractivity contribution in [3.63, 3.8) is 0 Å². The number of aromatic nitrogens is 1. The normalized spacial score (nSPS) is 13.9. The summed E-state index contributed by atoms with van der Waals surface area (Å²) >= 11 is 0. The van der Waals surface area contributed by atoms with E-state index in [1.54, 1.807) is 12.3 Å². The molecular formula is C15H18N2O3. The molecule has 2 atom stereocenters. The fourth-order valence-electron chi connectivity index (χ4n) is 2.05. The Hall–Kier alpha value is -1.98. The monoisotopic (exact) mass is 274 g/mol. The van der Waals surface area contributed by atoms with Gasteiger partial charge in [-0.2, -0.15) is 0 Å². The number of nitrogens with zero attached hydrogens (tertiary/aromatic N) is 1. The van der Waals surface area contributed by atoms with Gasteiger partial charge in [-0.15, -0.1) is 0 Å². The van der Waals surface area contributed by atoms with Crippen LogP contribution in [0.5, 0.6) is 0 Å². The standard InChI is InChI=1S/C15H18N2O3/c1-10(18)16-8-6-14(19)15(20)12-4-5-13-11(9-12)3-2-7-17-13/h2-5,7,9,14-15,19-20H,6,8H2,1H3,(H,16,18). The Labute approximate surface area is 117 Å². The quantitative estimate of drug-likeness (QED) is 0.764. The molecule has 5 heteroatoms. The first-order valence-electron chi connectivity index (χ1n) is 6.53. The fraction of sp³-hybridized carbons (Fsp3) is 0.333. The number of nitrogens with one attached hydrogen (secondary N) is 1. The zero-order chi connectivity index (χ0) is 14.5. The number of fused-ring (bicyclic) bond motifs is 1. The van der Waals surface area contributed by atoms with Gasteiger partial charge < -0.3 is 15.5 Å². The highest BCUT2D eigenvalue weighted by Crippen LogP contribution is 2.22. The number of rotatable bonds is 5. The van der Waals surface area contributed by atoms with E-state index < -0.39 is 12.2 Å². The Balaban J connectivity index is 2.06. The van der Waals surface area contributed by atoms with Gasteiger partial charge >= 0.3 is 0 Å². The Kier molecular flexibility index (Phi) is 4.65. The van der Waals surface area contributed by atoms with Gasteiger partial charge in [0.15, 0.2) is 0 Å². The minimum Gasteiger partial charge on any atom is -0.390 e. The predicted octanol–water partition coefficient (Wildman–Crippen LogP) is 1.16. The largest absolute Gasteiger partial charge is 0.390 e. The molecule has 0 aliphatic rings. The van der Waals surface area contributed by atoms with E-state index in [1.165, 1.54) is 6.92 Å². The second-order valence-electron chi connectivity index (χ2n) is 4.74. The van der Waals surface area contributed by atoms with Gasteiger partial charge in [0, 0.05) is 25.1 Å². The number of hydrogen-bond acceptors (Lipinski definition) is 4. The van der Waals surface area contributed by atoms with Gasteiger partial charge in [-0.1, -0.05) is 12.1 Å². The molecule has 0 bridgehead atoms. The summed E-state index contributed by atoms with van der Waals surface area (Å²) in [5, 5.41) is 23.6. The number of aliphatic hydroxyl groups excluding tert-OH is 2. The summed E-state index contributed by atoms with van der Waals surface area (Å²) < 4.78 is 0. The van der Waals surface area contributed by atoms with E-state index in [-0.39, 0.29) is 5.91 Å². The number of pyridine rings is 1. The molecule has 0 aliphatic carbocycles. The molecule has 3 N–H and O–H groups in total. The van der Waals surface area contributed by atoms with Gasteiger partial charge in [0.25, 0.3) is 0 Å². The van der Waals surface area contributed by atoms with Crippen LogP contribution in [0.15, 0.2) is 36.5 Å². The van der Waals surface area contributed by atoms with Crippen molar-refractivity contribution in [2.24, 2.45) is 0 Å². The summed E-state index contributed by atoms with van der Waals surface area (Å²) in [6.07, 6.45) is 0.108. The van der Waals surface area contributed by atoms with Gasteiger partial charge in [0.2, 0.25) is 5.91 Å². The third-order valence-corrected chi connectivity index (χ3v) is 3.15. The molecule has 2 rings (SSSR count). The van der Waals surface area contributed by atoms with Crippen LogP contribution in [0.4, 0.5) is 0 Å². The van der Waals surface area contributed by atoms with Crippen LogP contribution in [0, 0.1) is 0 Å². The molecule has 106 valence electrons. The smallest absolute Gasteiger partial charge is 0.216 e. The molecular weight excluding hydrogens is 256 g/mol. The lowest BCUT2D eigenvalue weighted by atomic mass is 10.0.